The SMILES string of the molecule is Cc1c(F)c(Oc2cccc(C(=N)N)c2)nc(Oc2cccc(N3CCCC3)c2)c1F. The zero-order chi connectivity index (χ0) is 22.0. The van der Waals surface area contributed by atoms with Crippen molar-refractivity contribution in [2.75, 3.05) is 18.0 Å². The molecule has 1 aromatic heterocycles. The zero-order valence-electron chi connectivity index (χ0n) is 17.0. The number of nitrogens with two attached hydrogens (primary N) is 1. The number of ether oxygens (including phenoxy) is 2. The highest BCUT2D eigenvalue weighted by molar-refractivity contribution is 5.95. The van der Waals surface area contributed by atoms with E-state index in [1.54, 1.807) is 24.3 Å². The monoisotopic (exact) mass is 424 g/mol. The number of pyridine rings is 1. The number of halogens is 2. The van der Waals surface area contributed by atoms with E-state index in [9.17, 15) is 8.78 Å². The molecule has 31 heavy (non-hydrogen) atoms. The van der Waals surface area contributed by atoms with Crippen LogP contribution >= 0.6 is 0 Å². The van der Waals surface area contributed by atoms with Crippen molar-refractivity contribution in [3.8, 4) is 23.3 Å². The van der Waals surface area contributed by atoms with Gasteiger partial charge in [0.25, 0.3) is 11.8 Å². The summed E-state index contributed by atoms with van der Waals surface area (Å²) in [5.74, 6) is -2.17. The first-order valence-electron chi connectivity index (χ1n) is 9.93. The second-order valence-corrected chi connectivity index (χ2v) is 7.31. The van der Waals surface area contributed by atoms with E-state index in [4.69, 9.17) is 20.6 Å². The summed E-state index contributed by atoms with van der Waals surface area (Å²) in [5, 5.41) is 7.51. The summed E-state index contributed by atoms with van der Waals surface area (Å²) in [6.07, 6.45) is 2.26. The van der Waals surface area contributed by atoms with Gasteiger partial charge in [-0.2, -0.15) is 4.98 Å². The van der Waals surface area contributed by atoms with E-state index in [0.29, 0.717) is 11.3 Å². The fraction of sp³-hybridized carbons (Fsp3) is 0.217. The number of aromatic nitrogens is 1. The normalized spacial score (nSPS) is 13.3. The second-order valence-electron chi connectivity index (χ2n) is 7.31. The van der Waals surface area contributed by atoms with Crippen molar-refractivity contribution in [3.63, 3.8) is 0 Å². The molecule has 2 aromatic carbocycles. The van der Waals surface area contributed by atoms with Gasteiger partial charge in [-0.3, -0.25) is 5.41 Å². The van der Waals surface area contributed by atoms with Crippen LogP contribution in [-0.2, 0) is 0 Å². The first kappa shape index (κ1) is 20.6. The molecule has 1 aliphatic rings. The van der Waals surface area contributed by atoms with Gasteiger partial charge >= 0.3 is 0 Å². The third-order valence-electron chi connectivity index (χ3n) is 5.10. The molecule has 3 N–H and O–H groups in total. The third-order valence-corrected chi connectivity index (χ3v) is 5.10. The Hall–Kier alpha value is -3.68. The minimum absolute atomic E-state index is 0.156. The van der Waals surface area contributed by atoms with Gasteiger partial charge in [-0.25, -0.2) is 8.78 Å². The molecule has 8 heteroatoms. The zero-order valence-corrected chi connectivity index (χ0v) is 17.0. The molecular weight excluding hydrogens is 402 g/mol. The number of hydrogen-bond donors (Lipinski definition) is 2. The van der Waals surface area contributed by atoms with Crippen LogP contribution in [0.2, 0.25) is 0 Å². The van der Waals surface area contributed by atoms with Crippen LogP contribution in [0, 0.1) is 24.0 Å². The number of hydrogen-bond acceptors (Lipinski definition) is 5. The molecular formula is C23H22F2N4O2. The molecule has 6 nitrogen and oxygen atoms in total. The van der Waals surface area contributed by atoms with E-state index in [2.05, 4.69) is 9.88 Å². The number of rotatable bonds is 6. The summed E-state index contributed by atoms with van der Waals surface area (Å²) in [7, 11) is 0. The van der Waals surface area contributed by atoms with E-state index in [1.165, 1.54) is 13.0 Å². The smallest absolute Gasteiger partial charge is 0.259 e. The molecule has 0 unspecified atom stereocenters. The Balaban J connectivity index is 1.63. The number of nitrogens with one attached hydrogen (secondary N) is 1. The largest absolute Gasteiger partial charge is 0.436 e. The summed E-state index contributed by atoms with van der Waals surface area (Å²) in [5.41, 5.74) is 6.60. The maximum absolute atomic E-state index is 14.7. The highest BCUT2D eigenvalue weighted by atomic mass is 19.1. The Morgan fingerprint density at radius 2 is 1.55 bits per heavy atom. The van der Waals surface area contributed by atoms with Crippen molar-refractivity contribution < 1.29 is 18.3 Å². The summed E-state index contributed by atoms with van der Waals surface area (Å²) in [4.78, 5) is 6.16. The van der Waals surface area contributed by atoms with Crippen LogP contribution in [0.5, 0.6) is 23.3 Å². The van der Waals surface area contributed by atoms with Gasteiger partial charge in [0.1, 0.15) is 17.3 Å². The molecule has 0 radical (unpaired) electrons. The maximum Gasteiger partial charge on any atom is 0.259 e. The van der Waals surface area contributed by atoms with Crippen molar-refractivity contribution in [1.29, 1.82) is 5.41 Å². The van der Waals surface area contributed by atoms with Crippen molar-refractivity contribution >= 4 is 11.5 Å². The van der Waals surface area contributed by atoms with E-state index in [1.807, 2.05) is 18.2 Å². The molecule has 0 spiro atoms. The molecule has 2 heterocycles. The Bertz CT molecular complexity index is 1130. The number of benzene rings is 2. The van der Waals surface area contributed by atoms with E-state index in [0.717, 1.165) is 31.6 Å². The molecule has 1 saturated heterocycles. The minimum Gasteiger partial charge on any atom is -0.436 e. The van der Waals surface area contributed by atoms with Crippen LogP contribution in [0.1, 0.15) is 24.0 Å². The fourth-order valence-electron chi connectivity index (χ4n) is 3.41. The number of anilines is 1. The van der Waals surface area contributed by atoms with Crippen LogP contribution in [0.25, 0.3) is 0 Å². The summed E-state index contributed by atoms with van der Waals surface area (Å²) >= 11 is 0. The van der Waals surface area contributed by atoms with Crippen LogP contribution in [0.15, 0.2) is 48.5 Å². The Labute approximate surface area is 178 Å². The maximum atomic E-state index is 14.7. The lowest BCUT2D eigenvalue weighted by Crippen LogP contribution is -2.17. The Morgan fingerprint density at radius 3 is 2.16 bits per heavy atom. The molecule has 0 saturated carbocycles. The standard InChI is InChI=1S/C23H22F2N4O2/c1-14-19(24)22(30-17-8-4-6-15(12-17)21(26)27)28-23(20(14)25)31-18-9-5-7-16(13-18)29-10-2-3-11-29/h4-9,12-13H,2-3,10-11H2,1H3,(H3,26,27). The van der Waals surface area contributed by atoms with Gasteiger partial charge in [-0.1, -0.05) is 18.2 Å². The molecule has 4 rings (SSSR count). The first-order chi connectivity index (χ1) is 14.9. The minimum atomic E-state index is -0.927. The number of amidine groups is 1. The van der Waals surface area contributed by atoms with E-state index in [-0.39, 0.29) is 23.0 Å². The highest BCUT2D eigenvalue weighted by Gasteiger charge is 2.21. The molecule has 1 aliphatic heterocycles. The average Bonchev–Trinajstić information content (AvgIpc) is 3.31. The summed E-state index contributed by atoms with van der Waals surface area (Å²) < 4.78 is 40.5. The Morgan fingerprint density at radius 1 is 0.968 bits per heavy atom. The third kappa shape index (κ3) is 4.42. The van der Waals surface area contributed by atoms with Gasteiger partial charge in [0.05, 0.1) is 0 Å². The van der Waals surface area contributed by atoms with E-state index < -0.39 is 17.5 Å². The average molecular weight is 424 g/mol. The van der Waals surface area contributed by atoms with Crippen LogP contribution in [0.4, 0.5) is 14.5 Å². The summed E-state index contributed by atoms with van der Waals surface area (Å²) in [6.45, 7) is 3.21. The van der Waals surface area contributed by atoms with E-state index >= 15 is 0 Å². The predicted molar refractivity (Wildman–Crippen MR) is 114 cm³/mol. The van der Waals surface area contributed by atoms with Crippen LogP contribution < -0.4 is 20.1 Å². The molecule has 0 bridgehead atoms. The van der Waals surface area contributed by atoms with Gasteiger partial charge in [-0.15, -0.1) is 0 Å². The number of nitrogens with zero attached hydrogens (tertiary/aromatic N) is 2. The summed E-state index contributed by atoms with van der Waals surface area (Å²) in [6, 6.07) is 13.6. The first-order valence-corrected chi connectivity index (χ1v) is 9.93. The quantitative estimate of drug-likeness (QED) is 0.423. The van der Waals surface area contributed by atoms with Gasteiger partial charge in [0.15, 0.2) is 11.6 Å². The lowest BCUT2D eigenvalue weighted by Gasteiger charge is -2.18. The molecule has 0 atom stereocenters. The number of nitrogen functional groups attached to an aromatic ring is 1. The van der Waals surface area contributed by atoms with Gasteiger partial charge < -0.3 is 20.1 Å². The molecule has 160 valence electrons. The molecule has 0 aliphatic carbocycles. The van der Waals surface area contributed by atoms with Crippen molar-refractivity contribution in [2.45, 2.75) is 19.8 Å². The molecule has 0 amide bonds. The molecule has 3 aromatic rings. The fourth-order valence-corrected chi connectivity index (χ4v) is 3.41. The van der Waals surface area contributed by atoms with Gasteiger partial charge in [0, 0.05) is 36.0 Å². The predicted octanol–water partition coefficient (Wildman–Crippen LogP) is 5.14. The van der Waals surface area contributed by atoms with Crippen LogP contribution in [0.3, 0.4) is 0 Å². The Kier molecular flexibility index (Phi) is 5.70. The lowest BCUT2D eigenvalue weighted by molar-refractivity contribution is 0.373. The van der Waals surface area contributed by atoms with Crippen molar-refractivity contribution in [2.24, 2.45) is 5.73 Å². The van der Waals surface area contributed by atoms with Crippen molar-refractivity contribution in [1.82, 2.24) is 4.98 Å². The van der Waals surface area contributed by atoms with Gasteiger partial charge in [0.2, 0.25) is 0 Å². The van der Waals surface area contributed by atoms with Crippen LogP contribution in [-0.4, -0.2) is 23.9 Å². The van der Waals surface area contributed by atoms with Gasteiger partial charge in [-0.05, 0) is 44.0 Å². The second kappa shape index (κ2) is 8.59. The topological polar surface area (TPSA) is 84.5 Å². The lowest BCUT2D eigenvalue weighted by atomic mass is 10.2. The highest BCUT2D eigenvalue weighted by Crippen LogP contribution is 2.34. The van der Waals surface area contributed by atoms with Crippen molar-refractivity contribution in [3.05, 3.63) is 71.3 Å². The molecule has 1 fully saturated rings.